The fraction of sp³-hybridized carbons (Fsp3) is 0.364. The normalized spacial score (nSPS) is 24.9. The Morgan fingerprint density at radius 2 is 2.30 bits per heavy atom. The van der Waals surface area contributed by atoms with E-state index in [0.29, 0.717) is 10.9 Å². The molecule has 2 aliphatic heterocycles. The van der Waals surface area contributed by atoms with E-state index in [1.807, 2.05) is 0 Å². The number of amides is 1. The van der Waals surface area contributed by atoms with E-state index < -0.39 is 11.9 Å². The van der Waals surface area contributed by atoms with E-state index >= 15 is 0 Å². The fourth-order valence-corrected chi connectivity index (χ4v) is 3.86. The lowest BCUT2D eigenvalue weighted by Crippen LogP contribution is -2.58. The molecule has 1 aromatic rings. The van der Waals surface area contributed by atoms with Crippen LogP contribution in [-0.4, -0.2) is 48.5 Å². The van der Waals surface area contributed by atoms with Crippen molar-refractivity contribution in [3.05, 3.63) is 23.9 Å². The molecule has 0 saturated carbocycles. The van der Waals surface area contributed by atoms with Crippen molar-refractivity contribution in [3.8, 4) is 0 Å². The highest BCUT2D eigenvalue weighted by Crippen LogP contribution is 2.51. The number of aliphatic carboxylic acids is 1. The van der Waals surface area contributed by atoms with Gasteiger partial charge < -0.3 is 15.9 Å². The molecule has 3 rings (SSSR count). The van der Waals surface area contributed by atoms with E-state index in [1.54, 1.807) is 10.8 Å². The second kappa shape index (κ2) is 4.62. The number of nitrogens with two attached hydrogens (primary N) is 1. The summed E-state index contributed by atoms with van der Waals surface area (Å²) in [6.07, 6.45) is 3.13. The molecule has 1 aromatic heterocycles. The van der Waals surface area contributed by atoms with Crippen molar-refractivity contribution < 1.29 is 19.8 Å². The Morgan fingerprint density at radius 1 is 1.55 bits per heavy atom. The minimum atomic E-state index is -1.18. The van der Waals surface area contributed by atoms with Crippen LogP contribution in [0.2, 0.25) is 0 Å². The third-order valence-corrected chi connectivity index (χ3v) is 4.74. The van der Waals surface area contributed by atoms with Gasteiger partial charge in [0.15, 0.2) is 5.70 Å². The van der Waals surface area contributed by atoms with Gasteiger partial charge in [-0.3, -0.25) is 14.3 Å². The zero-order chi connectivity index (χ0) is 14.4. The first-order valence-electron chi connectivity index (χ1n) is 5.91. The van der Waals surface area contributed by atoms with Crippen molar-refractivity contribution in [2.45, 2.75) is 11.9 Å². The number of aliphatic hydroxyl groups is 1. The minimum Gasteiger partial charge on any atom is -0.476 e. The second-order valence-corrected chi connectivity index (χ2v) is 5.49. The Kier molecular flexibility index (Phi) is 3.04. The molecule has 0 bridgehead atoms. The van der Waals surface area contributed by atoms with Gasteiger partial charge in [-0.05, 0) is 0 Å². The Bertz CT molecular complexity index is 626. The molecule has 2 atom stereocenters. The number of nitrogens with zero attached hydrogens (tertiary/aromatic N) is 3. The van der Waals surface area contributed by atoms with E-state index in [4.69, 9.17) is 5.73 Å². The summed E-state index contributed by atoms with van der Waals surface area (Å²) in [5.41, 5.74) is 5.49. The summed E-state index contributed by atoms with van der Waals surface area (Å²) in [5, 5.41) is 18.6. The van der Waals surface area contributed by atoms with E-state index in [-0.39, 0.29) is 30.1 Å². The molecule has 1 saturated heterocycles. The number of hydrogen-bond acceptors (Lipinski definition) is 6. The number of β-lactam (4-membered cyclic amide) rings is 1. The third-order valence-electron chi connectivity index (χ3n) is 3.35. The number of rotatable bonds is 4. The lowest BCUT2D eigenvalue weighted by Gasteiger charge is -2.40. The number of fused-ring (bicyclic) bond motifs is 1. The van der Waals surface area contributed by atoms with Crippen LogP contribution >= 0.6 is 11.8 Å². The average Bonchev–Trinajstić information content (AvgIpc) is 3.00. The van der Waals surface area contributed by atoms with Crippen LogP contribution in [0.5, 0.6) is 0 Å². The van der Waals surface area contributed by atoms with E-state index in [0.717, 1.165) is 0 Å². The van der Waals surface area contributed by atoms with Crippen molar-refractivity contribution in [2.75, 3.05) is 6.61 Å². The van der Waals surface area contributed by atoms with Crippen LogP contribution < -0.4 is 5.73 Å². The van der Waals surface area contributed by atoms with Gasteiger partial charge in [0.25, 0.3) is 0 Å². The van der Waals surface area contributed by atoms with Crippen LogP contribution in [0.4, 0.5) is 0 Å². The van der Waals surface area contributed by atoms with E-state index in [9.17, 15) is 19.8 Å². The number of carboxylic acids is 1. The average molecular weight is 296 g/mol. The third kappa shape index (κ3) is 1.60. The number of carbonyl (C=O) groups excluding carboxylic acids is 1. The molecule has 2 aliphatic rings. The lowest BCUT2D eigenvalue weighted by molar-refractivity contribution is -0.153. The highest BCUT2D eigenvalue weighted by molar-refractivity contribution is 8.08. The first-order chi connectivity index (χ1) is 9.60. The molecule has 8 nitrogen and oxygen atoms in total. The van der Waals surface area contributed by atoms with Gasteiger partial charge in [-0.25, -0.2) is 9.78 Å². The predicted octanol–water partition coefficient (Wildman–Crippen LogP) is -0.924. The summed E-state index contributed by atoms with van der Waals surface area (Å²) in [7, 11) is 0. The van der Waals surface area contributed by atoms with E-state index in [2.05, 4.69) is 4.98 Å². The standard InChI is InChI=1S/C11H12N4O4S/c12-3-6-13-1-2-14(6)10-7(11(18)19)15-8(17)5(4-16)9(15)20-10/h1-2,5,9,16H,3-4,12H2,(H,18,19)/t5-,9+/m0/s1. The van der Waals surface area contributed by atoms with Gasteiger partial charge in [0.1, 0.15) is 16.2 Å². The van der Waals surface area contributed by atoms with Crippen molar-refractivity contribution >= 4 is 28.7 Å². The predicted molar refractivity (Wildman–Crippen MR) is 69.8 cm³/mol. The number of hydrogen-bond donors (Lipinski definition) is 3. The molecule has 9 heteroatoms. The number of imidazole rings is 1. The van der Waals surface area contributed by atoms with Gasteiger partial charge in [-0.2, -0.15) is 0 Å². The Morgan fingerprint density at radius 3 is 2.90 bits per heavy atom. The Labute approximate surface area is 117 Å². The Balaban J connectivity index is 2.06. The molecule has 0 aromatic carbocycles. The second-order valence-electron chi connectivity index (χ2n) is 4.38. The van der Waals surface area contributed by atoms with Crippen LogP contribution in [0.25, 0.3) is 5.03 Å². The van der Waals surface area contributed by atoms with Crippen LogP contribution in [0.1, 0.15) is 5.82 Å². The van der Waals surface area contributed by atoms with E-state index in [1.165, 1.54) is 22.9 Å². The van der Waals surface area contributed by atoms with Gasteiger partial charge in [-0.15, -0.1) is 0 Å². The lowest BCUT2D eigenvalue weighted by atomic mass is 9.98. The van der Waals surface area contributed by atoms with Crippen LogP contribution in [-0.2, 0) is 16.1 Å². The summed E-state index contributed by atoms with van der Waals surface area (Å²) < 4.78 is 1.58. The van der Waals surface area contributed by atoms with Crippen LogP contribution in [0.3, 0.4) is 0 Å². The molecule has 1 amide bonds. The SMILES string of the molecule is NCc1nccn1C1=C(C(=O)O)N2C(=O)[C@H](CO)[C@H]2S1. The van der Waals surface area contributed by atoms with Gasteiger partial charge >= 0.3 is 5.97 Å². The molecule has 20 heavy (non-hydrogen) atoms. The highest BCUT2D eigenvalue weighted by Gasteiger charge is 2.56. The summed E-state index contributed by atoms with van der Waals surface area (Å²) in [6, 6.07) is 0. The van der Waals surface area contributed by atoms with Gasteiger partial charge in [0, 0.05) is 12.4 Å². The molecular weight excluding hydrogens is 284 g/mol. The monoisotopic (exact) mass is 296 g/mol. The summed E-state index contributed by atoms with van der Waals surface area (Å²) in [6.45, 7) is -0.132. The van der Waals surface area contributed by atoms with Gasteiger partial charge in [0.05, 0.1) is 19.1 Å². The number of carboxylic acid groups (broad SMARTS) is 1. The maximum absolute atomic E-state index is 11.9. The largest absolute Gasteiger partial charge is 0.476 e. The number of carbonyl (C=O) groups is 2. The van der Waals surface area contributed by atoms with Gasteiger partial charge in [-0.1, -0.05) is 11.8 Å². The maximum Gasteiger partial charge on any atom is 0.355 e. The summed E-state index contributed by atoms with van der Waals surface area (Å²) >= 11 is 1.23. The number of aromatic nitrogens is 2. The van der Waals surface area contributed by atoms with Crippen molar-refractivity contribution in [1.29, 1.82) is 0 Å². The molecular formula is C11H12N4O4S. The van der Waals surface area contributed by atoms with Gasteiger partial charge in [0.2, 0.25) is 5.91 Å². The first-order valence-corrected chi connectivity index (χ1v) is 6.79. The molecule has 106 valence electrons. The summed E-state index contributed by atoms with van der Waals surface area (Å²) in [4.78, 5) is 28.6. The quantitative estimate of drug-likeness (QED) is 0.614. The smallest absolute Gasteiger partial charge is 0.355 e. The topological polar surface area (TPSA) is 122 Å². The molecule has 3 heterocycles. The van der Waals surface area contributed by atoms with Crippen LogP contribution in [0.15, 0.2) is 18.1 Å². The maximum atomic E-state index is 11.9. The molecule has 0 radical (unpaired) electrons. The molecule has 1 fully saturated rings. The Hall–Kier alpha value is -1.84. The van der Waals surface area contributed by atoms with Crippen molar-refractivity contribution in [3.63, 3.8) is 0 Å². The summed E-state index contributed by atoms with van der Waals surface area (Å²) in [5.74, 6) is -1.60. The molecule has 0 aliphatic carbocycles. The number of aliphatic hydroxyl groups excluding tert-OH is 1. The number of thioether (sulfide) groups is 1. The van der Waals surface area contributed by atoms with Crippen molar-refractivity contribution in [2.24, 2.45) is 11.7 Å². The minimum absolute atomic E-state index is 0.0811. The van der Waals surface area contributed by atoms with Crippen LogP contribution in [0, 0.1) is 5.92 Å². The first kappa shape index (κ1) is 13.2. The molecule has 4 N–H and O–H groups in total. The zero-order valence-corrected chi connectivity index (χ0v) is 11.1. The molecule has 0 unspecified atom stereocenters. The fourth-order valence-electron chi connectivity index (χ4n) is 2.37. The van der Waals surface area contributed by atoms with Crippen molar-refractivity contribution in [1.82, 2.24) is 14.5 Å². The highest BCUT2D eigenvalue weighted by atomic mass is 32.2. The zero-order valence-electron chi connectivity index (χ0n) is 10.3. The molecule has 0 spiro atoms.